The summed E-state index contributed by atoms with van der Waals surface area (Å²) in [6.45, 7) is 9.55. The van der Waals surface area contributed by atoms with Gasteiger partial charge in [-0.25, -0.2) is 9.97 Å². The standard InChI is InChI=1S/C28H34N4O2/c1-20(2)26-21(3)29-27(23-9-6-5-7-10-23)30-28(26)32-16-8-15-31(17-18-32)25(33)19-22-11-13-24(34-4)14-12-22/h5-7,9-14,20H,8,15-19H2,1-4H3. The zero-order valence-electron chi connectivity index (χ0n) is 20.6. The van der Waals surface area contributed by atoms with Gasteiger partial charge in [0.1, 0.15) is 11.6 Å². The maximum Gasteiger partial charge on any atom is 0.227 e. The van der Waals surface area contributed by atoms with Crippen molar-refractivity contribution in [2.24, 2.45) is 0 Å². The largest absolute Gasteiger partial charge is 0.497 e. The number of hydrogen-bond donors (Lipinski definition) is 0. The highest BCUT2D eigenvalue weighted by molar-refractivity contribution is 5.79. The summed E-state index contributed by atoms with van der Waals surface area (Å²) >= 11 is 0. The van der Waals surface area contributed by atoms with Crippen molar-refractivity contribution in [1.82, 2.24) is 14.9 Å². The van der Waals surface area contributed by atoms with Gasteiger partial charge in [-0.3, -0.25) is 4.79 Å². The lowest BCUT2D eigenvalue weighted by Crippen LogP contribution is -2.36. The molecular formula is C28H34N4O2. The Labute approximate surface area is 202 Å². The molecule has 6 heteroatoms. The first-order chi connectivity index (χ1) is 16.5. The molecular weight excluding hydrogens is 424 g/mol. The molecule has 1 amide bonds. The fourth-order valence-electron chi connectivity index (χ4n) is 4.61. The summed E-state index contributed by atoms with van der Waals surface area (Å²) in [6.07, 6.45) is 1.32. The molecule has 4 rings (SSSR count). The van der Waals surface area contributed by atoms with Crippen LogP contribution in [-0.2, 0) is 11.2 Å². The van der Waals surface area contributed by atoms with Gasteiger partial charge in [-0.15, -0.1) is 0 Å². The summed E-state index contributed by atoms with van der Waals surface area (Å²) in [6, 6.07) is 17.9. The predicted octanol–water partition coefficient (Wildman–Crippen LogP) is 4.87. The zero-order valence-corrected chi connectivity index (χ0v) is 20.6. The third kappa shape index (κ3) is 5.38. The van der Waals surface area contributed by atoms with E-state index in [2.05, 4.69) is 37.8 Å². The van der Waals surface area contributed by atoms with Crippen LogP contribution in [0.1, 0.15) is 43.0 Å². The Morgan fingerprint density at radius 2 is 1.71 bits per heavy atom. The zero-order chi connectivity index (χ0) is 24.1. The highest BCUT2D eigenvalue weighted by Gasteiger charge is 2.24. The van der Waals surface area contributed by atoms with Crippen molar-refractivity contribution >= 4 is 11.7 Å². The molecule has 3 aromatic rings. The molecule has 2 heterocycles. The van der Waals surface area contributed by atoms with Gasteiger partial charge < -0.3 is 14.5 Å². The van der Waals surface area contributed by atoms with Gasteiger partial charge in [0.05, 0.1) is 13.5 Å². The van der Waals surface area contributed by atoms with Gasteiger partial charge in [0.25, 0.3) is 0 Å². The van der Waals surface area contributed by atoms with E-state index < -0.39 is 0 Å². The van der Waals surface area contributed by atoms with Crippen LogP contribution in [0.2, 0.25) is 0 Å². The topological polar surface area (TPSA) is 58.6 Å². The lowest BCUT2D eigenvalue weighted by molar-refractivity contribution is -0.130. The maximum atomic E-state index is 13.0. The van der Waals surface area contributed by atoms with Gasteiger partial charge >= 0.3 is 0 Å². The second-order valence-electron chi connectivity index (χ2n) is 9.14. The van der Waals surface area contributed by atoms with Crippen molar-refractivity contribution in [3.63, 3.8) is 0 Å². The van der Waals surface area contributed by atoms with Crippen molar-refractivity contribution in [3.05, 3.63) is 71.4 Å². The number of rotatable bonds is 6. The normalized spacial score (nSPS) is 14.3. The number of nitrogens with zero attached hydrogens (tertiary/aromatic N) is 4. The Bertz CT molecular complexity index is 1110. The van der Waals surface area contributed by atoms with Crippen LogP contribution in [0.25, 0.3) is 11.4 Å². The Kier molecular flexibility index (Phi) is 7.46. The minimum absolute atomic E-state index is 0.167. The van der Waals surface area contributed by atoms with Crippen LogP contribution in [0.5, 0.6) is 5.75 Å². The first-order valence-corrected chi connectivity index (χ1v) is 12.1. The van der Waals surface area contributed by atoms with Gasteiger partial charge in [-0.2, -0.15) is 0 Å². The Morgan fingerprint density at radius 3 is 2.38 bits per heavy atom. The second kappa shape index (κ2) is 10.7. The molecule has 1 aromatic heterocycles. The number of amides is 1. The van der Waals surface area contributed by atoms with Crippen LogP contribution in [0.15, 0.2) is 54.6 Å². The number of aryl methyl sites for hydroxylation is 1. The average molecular weight is 459 g/mol. The molecule has 1 aliphatic heterocycles. The van der Waals surface area contributed by atoms with Crippen molar-refractivity contribution in [2.45, 2.75) is 39.5 Å². The summed E-state index contributed by atoms with van der Waals surface area (Å²) in [5.74, 6) is 3.05. The van der Waals surface area contributed by atoms with Gasteiger partial charge in [-0.05, 0) is 37.0 Å². The van der Waals surface area contributed by atoms with E-state index in [0.717, 1.165) is 60.3 Å². The quantitative estimate of drug-likeness (QED) is 0.528. The number of methoxy groups -OCH3 is 1. The fourth-order valence-corrected chi connectivity index (χ4v) is 4.61. The summed E-state index contributed by atoms with van der Waals surface area (Å²) in [7, 11) is 1.65. The van der Waals surface area contributed by atoms with Crippen molar-refractivity contribution in [1.29, 1.82) is 0 Å². The van der Waals surface area contributed by atoms with E-state index in [1.807, 2.05) is 47.4 Å². The van der Waals surface area contributed by atoms with E-state index in [1.54, 1.807) is 7.11 Å². The van der Waals surface area contributed by atoms with Crippen molar-refractivity contribution in [3.8, 4) is 17.1 Å². The third-order valence-corrected chi connectivity index (χ3v) is 6.39. The van der Waals surface area contributed by atoms with E-state index in [9.17, 15) is 4.79 Å². The summed E-state index contributed by atoms with van der Waals surface area (Å²) in [5, 5.41) is 0. The summed E-state index contributed by atoms with van der Waals surface area (Å²) in [4.78, 5) is 27.3. The first kappa shape index (κ1) is 23.7. The van der Waals surface area contributed by atoms with Gasteiger partial charge in [-0.1, -0.05) is 56.3 Å². The number of carbonyl (C=O) groups is 1. The second-order valence-corrected chi connectivity index (χ2v) is 9.14. The smallest absolute Gasteiger partial charge is 0.227 e. The molecule has 2 aromatic carbocycles. The molecule has 1 fully saturated rings. The van der Waals surface area contributed by atoms with Crippen LogP contribution in [-0.4, -0.2) is 54.1 Å². The molecule has 0 aliphatic carbocycles. The number of benzene rings is 2. The maximum absolute atomic E-state index is 13.0. The minimum Gasteiger partial charge on any atom is -0.497 e. The summed E-state index contributed by atoms with van der Waals surface area (Å²) < 4.78 is 5.22. The number of hydrogen-bond acceptors (Lipinski definition) is 5. The average Bonchev–Trinajstić information content (AvgIpc) is 3.11. The van der Waals surface area contributed by atoms with Gasteiger partial charge in [0.2, 0.25) is 5.91 Å². The molecule has 0 atom stereocenters. The SMILES string of the molecule is COc1ccc(CC(=O)N2CCCN(c3nc(-c4ccccc4)nc(C)c3C(C)C)CC2)cc1. The van der Waals surface area contributed by atoms with Gasteiger partial charge in [0.15, 0.2) is 5.82 Å². The first-order valence-electron chi connectivity index (χ1n) is 12.1. The monoisotopic (exact) mass is 458 g/mol. The molecule has 6 nitrogen and oxygen atoms in total. The highest BCUT2D eigenvalue weighted by Crippen LogP contribution is 2.31. The molecule has 0 spiro atoms. The lowest BCUT2D eigenvalue weighted by atomic mass is 10.0. The summed E-state index contributed by atoms with van der Waals surface area (Å²) in [5.41, 5.74) is 4.24. The van der Waals surface area contributed by atoms with Crippen LogP contribution in [0, 0.1) is 6.92 Å². The van der Waals surface area contributed by atoms with Crippen LogP contribution in [0.3, 0.4) is 0 Å². The highest BCUT2D eigenvalue weighted by atomic mass is 16.5. The van der Waals surface area contributed by atoms with E-state index in [1.165, 1.54) is 5.56 Å². The van der Waals surface area contributed by atoms with E-state index in [4.69, 9.17) is 14.7 Å². The van der Waals surface area contributed by atoms with Crippen molar-refractivity contribution < 1.29 is 9.53 Å². The molecule has 178 valence electrons. The third-order valence-electron chi connectivity index (χ3n) is 6.39. The van der Waals surface area contributed by atoms with Crippen LogP contribution < -0.4 is 9.64 Å². The Hall–Kier alpha value is -3.41. The molecule has 0 bridgehead atoms. The lowest BCUT2D eigenvalue weighted by Gasteiger charge is -2.27. The molecule has 0 radical (unpaired) electrons. The fraction of sp³-hybridized carbons (Fsp3) is 0.393. The van der Waals surface area contributed by atoms with E-state index >= 15 is 0 Å². The Balaban J connectivity index is 1.52. The molecule has 1 saturated heterocycles. The number of ether oxygens (including phenoxy) is 1. The predicted molar refractivity (Wildman–Crippen MR) is 136 cm³/mol. The molecule has 1 aliphatic rings. The van der Waals surface area contributed by atoms with Crippen LogP contribution >= 0.6 is 0 Å². The van der Waals surface area contributed by atoms with Crippen molar-refractivity contribution in [2.75, 3.05) is 38.2 Å². The molecule has 0 N–H and O–H groups in total. The van der Waals surface area contributed by atoms with E-state index in [-0.39, 0.29) is 5.91 Å². The van der Waals surface area contributed by atoms with Crippen LogP contribution in [0.4, 0.5) is 5.82 Å². The number of carbonyl (C=O) groups excluding carboxylic acids is 1. The molecule has 0 saturated carbocycles. The van der Waals surface area contributed by atoms with E-state index in [0.29, 0.717) is 18.9 Å². The number of aromatic nitrogens is 2. The Morgan fingerprint density at radius 1 is 0.971 bits per heavy atom. The molecule has 34 heavy (non-hydrogen) atoms. The minimum atomic E-state index is 0.167. The number of anilines is 1. The van der Waals surface area contributed by atoms with Gasteiger partial charge in [0, 0.05) is 43.0 Å². The molecule has 0 unspecified atom stereocenters.